The quantitative estimate of drug-likeness (QED) is 0.266. The van der Waals surface area contributed by atoms with Crippen LogP contribution in [0.2, 0.25) is 0 Å². The van der Waals surface area contributed by atoms with E-state index in [9.17, 15) is 0 Å². The Bertz CT molecular complexity index is 323. The predicted octanol–water partition coefficient (Wildman–Crippen LogP) is -2.20. The summed E-state index contributed by atoms with van der Waals surface area (Å²) in [6.45, 7) is 2.24. The van der Waals surface area contributed by atoms with Crippen molar-refractivity contribution in [3.05, 3.63) is 41.5 Å². The number of benzene rings is 1. The maximum absolute atomic E-state index is 3.43. The number of halogens is 2. The molecule has 0 saturated heterocycles. The van der Waals surface area contributed by atoms with Gasteiger partial charge in [-0.2, -0.15) is 5.56 Å². The monoisotopic (exact) mass is 473 g/mol. The Kier molecular flexibility index (Phi) is 12.3. The van der Waals surface area contributed by atoms with Crippen LogP contribution in [0.5, 0.6) is 0 Å². The molecule has 3 heteroatoms. The van der Waals surface area contributed by atoms with Gasteiger partial charge in [0.05, 0.1) is 0 Å². The molecule has 1 aliphatic carbocycles. The summed E-state index contributed by atoms with van der Waals surface area (Å²) >= 11 is 0. The van der Waals surface area contributed by atoms with E-state index in [0.29, 0.717) is 5.92 Å². The maximum Gasteiger partial charge on any atom is 3.00 e. The van der Waals surface area contributed by atoms with E-state index in [-0.39, 0.29) is 69.7 Å². The van der Waals surface area contributed by atoms with Gasteiger partial charge in [-0.25, -0.2) is 6.08 Å². The summed E-state index contributed by atoms with van der Waals surface area (Å²) in [7, 11) is 0. The molecule has 1 radical (unpaired) electrons. The van der Waals surface area contributed by atoms with Crippen LogP contribution < -0.4 is 48.0 Å². The molecule has 0 N–H and O–H groups in total. The molecule has 2 rings (SSSR count). The number of hydrogen-bond acceptors (Lipinski definition) is 0. The molecule has 0 spiro atoms. The Morgan fingerprint density at radius 2 is 1.88 bits per heavy atom. The van der Waals surface area contributed by atoms with E-state index >= 15 is 0 Å². The normalized spacial score (nSPS) is 15.4. The van der Waals surface area contributed by atoms with Crippen molar-refractivity contribution in [2.75, 3.05) is 0 Å². The standard InChI is InChI=1S/C13H15.2HI.Ti/c1-2-3-6-11-9-10-12-7-4-5-8-13(11)12;;;/h4-5,7-8,10-11H,2-3,6H2,1H3;2*1H;/q-1;;;+3/p-2. The molecule has 0 bridgehead atoms. The summed E-state index contributed by atoms with van der Waals surface area (Å²) in [5, 5.41) is 0. The van der Waals surface area contributed by atoms with Crippen molar-refractivity contribution in [3.8, 4) is 0 Å². The van der Waals surface area contributed by atoms with E-state index in [1.807, 2.05) is 0 Å². The summed E-state index contributed by atoms with van der Waals surface area (Å²) in [4.78, 5) is 0. The minimum atomic E-state index is 0. The zero-order valence-corrected chi connectivity index (χ0v) is 15.2. The van der Waals surface area contributed by atoms with Gasteiger partial charge < -0.3 is 48.0 Å². The van der Waals surface area contributed by atoms with Crippen molar-refractivity contribution in [3.63, 3.8) is 0 Å². The van der Waals surface area contributed by atoms with Crippen LogP contribution in [-0.4, -0.2) is 0 Å². The fourth-order valence-electron chi connectivity index (χ4n) is 1.89. The Balaban J connectivity index is 0. The summed E-state index contributed by atoms with van der Waals surface area (Å²) in [5.41, 5.74) is 2.83. The number of unbranched alkanes of at least 4 members (excludes halogenated alkanes) is 1. The molecule has 1 atom stereocenters. The average Bonchev–Trinajstić information content (AvgIpc) is 2.58. The Morgan fingerprint density at radius 3 is 2.56 bits per heavy atom. The van der Waals surface area contributed by atoms with Gasteiger partial charge in [0, 0.05) is 0 Å². The predicted molar refractivity (Wildman–Crippen MR) is 56.4 cm³/mol. The number of rotatable bonds is 3. The molecule has 1 aromatic rings. The van der Waals surface area contributed by atoms with Crippen molar-refractivity contribution in [1.29, 1.82) is 0 Å². The first kappa shape index (κ1) is 19.5. The van der Waals surface area contributed by atoms with E-state index in [0.717, 1.165) is 0 Å². The smallest absolute Gasteiger partial charge is 1.00 e. The van der Waals surface area contributed by atoms with Gasteiger partial charge in [0.25, 0.3) is 0 Å². The molecule has 0 aromatic heterocycles. The molecule has 0 nitrogen and oxygen atoms in total. The zero-order valence-electron chi connectivity index (χ0n) is 9.34. The van der Waals surface area contributed by atoms with Crippen molar-refractivity contribution in [2.45, 2.75) is 32.1 Å². The molecule has 0 saturated carbocycles. The third-order valence-electron chi connectivity index (χ3n) is 2.66. The number of fused-ring (bicyclic) bond motifs is 1. The summed E-state index contributed by atoms with van der Waals surface area (Å²) in [5.74, 6) is 0.566. The van der Waals surface area contributed by atoms with Crippen molar-refractivity contribution in [2.24, 2.45) is 0 Å². The second-order valence-corrected chi connectivity index (χ2v) is 3.63. The molecule has 0 fully saturated rings. The van der Waals surface area contributed by atoms with Crippen molar-refractivity contribution >= 4 is 6.08 Å². The van der Waals surface area contributed by atoms with Crippen molar-refractivity contribution < 1.29 is 69.7 Å². The first-order valence-corrected chi connectivity index (χ1v) is 5.10. The van der Waals surface area contributed by atoms with Crippen LogP contribution in [-0.2, 0) is 21.7 Å². The van der Waals surface area contributed by atoms with Crippen LogP contribution in [0.1, 0.15) is 43.2 Å². The Hall–Kier alpha value is 1.13. The SMILES string of the molecule is CCCCC1[C-]=Cc2ccccc21.[I-].[I-].[Ti+3]. The molecule has 1 aliphatic rings. The van der Waals surface area contributed by atoms with E-state index in [1.54, 1.807) is 0 Å². The van der Waals surface area contributed by atoms with Crippen LogP contribution in [0.25, 0.3) is 6.08 Å². The zero-order chi connectivity index (χ0) is 9.10. The second kappa shape index (κ2) is 10.1. The molecule has 1 aromatic carbocycles. The van der Waals surface area contributed by atoms with E-state index < -0.39 is 0 Å². The fourth-order valence-corrected chi connectivity index (χ4v) is 1.89. The van der Waals surface area contributed by atoms with Gasteiger partial charge in [0.15, 0.2) is 0 Å². The maximum atomic E-state index is 3.43. The number of hydrogen-bond donors (Lipinski definition) is 0. The van der Waals surface area contributed by atoms with Crippen LogP contribution in [0.3, 0.4) is 0 Å². The van der Waals surface area contributed by atoms with Gasteiger partial charge in [0.2, 0.25) is 0 Å². The average molecular weight is 473 g/mol. The molecule has 0 amide bonds. The molecule has 16 heavy (non-hydrogen) atoms. The van der Waals surface area contributed by atoms with Gasteiger partial charge in [-0.1, -0.05) is 50.3 Å². The summed E-state index contributed by atoms with van der Waals surface area (Å²) in [6, 6.07) is 8.62. The van der Waals surface area contributed by atoms with E-state index in [1.165, 1.54) is 30.4 Å². The van der Waals surface area contributed by atoms with E-state index in [2.05, 4.69) is 43.3 Å². The van der Waals surface area contributed by atoms with Crippen LogP contribution >= 0.6 is 0 Å². The first-order chi connectivity index (χ1) is 6.42. The Labute approximate surface area is 148 Å². The molecule has 85 valence electrons. The van der Waals surface area contributed by atoms with Gasteiger partial charge in [-0.3, -0.25) is 6.08 Å². The third-order valence-corrected chi connectivity index (χ3v) is 2.66. The van der Waals surface area contributed by atoms with Crippen molar-refractivity contribution in [1.82, 2.24) is 0 Å². The third kappa shape index (κ3) is 4.79. The minimum Gasteiger partial charge on any atom is -1.00 e. The second-order valence-electron chi connectivity index (χ2n) is 3.63. The van der Waals surface area contributed by atoms with Gasteiger partial charge in [-0.15, -0.1) is 11.6 Å². The van der Waals surface area contributed by atoms with Gasteiger partial charge in [0.1, 0.15) is 0 Å². The molecule has 1 unspecified atom stereocenters. The summed E-state index contributed by atoms with van der Waals surface area (Å²) in [6.07, 6.45) is 9.40. The minimum absolute atomic E-state index is 0. The largest absolute Gasteiger partial charge is 3.00 e. The molecule has 0 heterocycles. The first-order valence-electron chi connectivity index (χ1n) is 5.10. The molecular weight excluding hydrogens is 458 g/mol. The van der Waals surface area contributed by atoms with Gasteiger partial charge in [-0.05, 0) is 0 Å². The van der Waals surface area contributed by atoms with Crippen LogP contribution in [0.15, 0.2) is 24.3 Å². The van der Waals surface area contributed by atoms with Crippen LogP contribution in [0, 0.1) is 6.08 Å². The topological polar surface area (TPSA) is 0 Å². The van der Waals surface area contributed by atoms with Gasteiger partial charge >= 0.3 is 21.7 Å². The van der Waals surface area contributed by atoms with E-state index in [4.69, 9.17) is 0 Å². The fraction of sp³-hybridized carbons (Fsp3) is 0.385. The van der Waals surface area contributed by atoms with Crippen LogP contribution in [0.4, 0.5) is 0 Å². The summed E-state index contributed by atoms with van der Waals surface area (Å²) < 4.78 is 0. The molecular formula is C13H15I2Ti. The number of allylic oxidation sites excluding steroid dienone is 1. The Morgan fingerprint density at radius 1 is 1.19 bits per heavy atom. The molecule has 0 aliphatic heterocycles.